The number of carbonyl (C=O) groups excluding carboxylic acids is 2. The van der Waals surface area contributed by atoms with Crippen molar-refractivity contribution < 1.29 is 14.3 Å². The zero-order valence-corrected chi connectivity index (χ0v) is 18.0. The lowest BCUT2D eigenvalue weighted by molar-refractivity contribution is 0.0918. The topological polar surface area (TPSA) is 79.5 Å². The van der Waals surface area contributed by atoms with Crippen molar-refractivity contribution in [2.24, 2.45) is 0 Å². The van der Waals surface area contributed by atoms with Gasteiger partial charge in [-0.25, -0.2) is 0 Å². The summed E-state index contributed by atoms with van der Waals surface area (Å²) < 4.78 is 5.55. The van der Waals surface area contributed by atoms with E-state index >= 15 is 0 Å². The Labute approximate surface area is 177 Å². The highest BCUT2D eigenvalue weighted by Crippen LogP contribution is 2.14. The maximum absolute atomic E-state index is 12.4. The van der Waals surface area contributed by atoms with Crippen LogP contribution in [0.15, 0.2) is 48.5 Å². The summed E-state index contributed by atoms with van der Waals surface area (Å²) in [6, 6.07) is 13.8. The molecular weight excluding hydrogens is 386 g/mol. The molecule has 7 heteroatoms. The zero-order chi connectivity index (χ0) is 21.4. The molecule has 0 unspecified atom stereocenters. The predicted molar refractivity (Wildman–Crippen MR) is 120 cm³/mol. The summed E-state index contributed by atoms with van der Waals surface area (Å²) in [5, 5.41) is 8.66. The molecule has 0 radical (unpaired) electrons. The number of rotatable bonds is 6. The third-order valence-electron chi connectivity index (χ3n) is 3.69. The minimum atomic E-state index is -0.328. The van der Waals surface area contributed by atoms with E-state index in [9.17, 15) is 9.59 Å². The van der Waals surface area contributed by atoms with Crippen LogP contribution in [0.4, 0.5) is 5.69 Å². The highest BCUT2D eigenvalue weighted by atomic mass is 32.1. The molecule has 2 aromatic carbocycles. The second-order valence-corrected chi connectivity index (χ2v) is 7.97. The summed E-state index contributed by atoms with van der Waals surface area (Å²) in [7, 11) is 0. The summed E-state index contributed by atoms with van der Waals surface area (Å²) in [5.74, 6) is 0.165. The second-order valence-electron chi connectivity index (χ2n) is 7.57. The van der Waals surface area contributed by atoms with Crippen LogP contribution in [-0.4, -0.2) is 29.1 Å². The average molecular weight is 414 g/mol. The van der Waals surface area contributed by atoms with Crippen molar-refractivity contribution in [1.82, 2.24) is 10.6 Å². The molecule has 6 nitrogen and oxygen atoms in total. The van der Waals surface area contributed by atoms with Crippen LogP contribution in [-0.2, 0) is 0 Å². The largest absolute Gasteiger partial charge is 0.494 e. The molecule has 0 saturated carbocycles. The molecule has 3 N–H and O–H groups in total. The Morgan fingerprint density at radius 1 is 1.00 bits per heavy atom. The van der Waals surface area contributed by atoms with Gasteiger partial charge in [-0.2, -0.15) is 0 Å². The van der Waals surface area contributed by atoms with Gasteiger partial charge in [0, 0.05) is 22.4 Å². The smallest absolute Gasteiger partial charge is 0.257 e. The molecule has 0 fully saturated rings. The molecule has 0 aliphatic heterocycles. The Morgan fingerprint density at radius 2 is 1.69 bits per heavy atom. The molecule has 2 aromatic rings. The van der Waals surface area contributed by atoms with Crippen molar-refractivity contribution in [3.05, 3.63) is 59.7 Å². The van der Waals surface area contributed by atoms with Crippen molar-refractivity contribution in [1.29, 1.82) is 0 Å². The summed E-state index contributed by atoms with van der Waals surface area (Å²) in [4.78, 5) is 24.6. The van der Waals surface area contributed by atoms with Gasteiger partial charge in [0.15, 0.2) is 5.11 Å². The van der Waals surface area contributed by atoms with E-state index in [1.807, 2.05) is 27.7 Å². The number of benzene rings is 2. The Kier molecular flexibility index (Phi) is 7.73. The Hall–Kier alpha value is -2.93. The molecule has 2 amide bonds. The van der Waals surface area contributed by atoms with Gasteiger partial charge < -0.3 is 15.4 Å². The minimum Gasteiger partial charge on any atom is -0.494 e. The molecular formula is C22H27N3O3S. The van der Waals surface area contributed by atoms with E-state index in [1.54, 1.807) is 48.5 Å². The Morgan fingerprint density at radius 3 is 2.31 bits per heavy atom. The number of hydrogen-bond acceptors (Lipinski definition) is 4. The summed E-state index contributed by atoms with van der Waals surface area (Å²) in [6.07, 6.45) is 0.890. The third-order valence-corrected chi connectivity index (χ3v) is 3.89. The van der Waals surface area contributed by atoms with Crippen molar-refractivity contribution in [2.45, 2.75) is 39.7 Å². The highest BCUT2D eigenvalue weighted by molar-refractivity contribution is 7.80. The van der Waals surface area contributed by atoms with Crippen LogP contribution >= 0.6 is 12.2 Å². The normalized spacial score (nSPS) is 10.8. The molecule has 0 saturated heterocycles. The fourth-order valence-corrected chi connectivity index (χ4v) is 2.61. The van der Waals surface area contributed by atoms with Gasteiger partial charge in [-0.05, 0) is 81.9 Å². The first-order chi connectivity index (χ1) is 13.7. The average Bonchev–Trinajstić information content (AvgIpc) is 2.65. The molecule has 0 aliphatic carbocycles. The highest BCUT2D eigenvalue weighted by Gasteiger charge is 2.15. The van der Waals surface area contributed by atoms with Crippen LogP contribution in [0.3, 0.4) is 0 Å². The SMILES string of the molecule is CCCOc1cccc(C(=O)NC(=S)Nc2ccc(C(=O)NC(C)(C)C)cc2)c1. The quantitative estimate of drug-likeness (QED) is 0.621. The van der Waals surface area contributed by atoms with Crippen molar-refractivity contribution in [3.63, 3.8) is 0 Å². The number of thiocarbonyl (C=S) groups is 1. The molecule has 0 aliphatic rings. The number of hydrogen-bond donors (Lipinski definition) is 3. The number of anilines is 1. The summed E-state index contributed by atoms with van der Waals surface area (Å²) in [6.45, 7) is 8.38. The first kappa shape index (κ1) is 22.4. The zero-order valence-electron chi connectivity index (χ0n) is 17.2. The fraction of sp³-hybridized carbons (Fsp3) is 0.318. The van der Waals surface area contributed by atoms with E-state index in [1.165, 1.54) is 0 Å². The van der Waals surface area contributed by atoms with Gasteiger partial charge >= 0.3 is 0 Å². The van der Waals surface area contributed by atoms with Gasteiger partial charge in [-0.3, -0.25) is 14.9 Å². The van der Waals surface area contributed by atoms with E-state index in [-0.39, 0.29) is 22.5 Å². The van der Waals surface area contributed by atoms with Gasteiger partial charge in [0.2, 0.25) is 0 Å². The van der Waals surface area contributed by atoms with E-state index in [0.717, 1.165) is 6.42 Å². The van der Waals surface area contributed by atoms with Crippen LogP contribution < -0.4 is 20.7 Å². The van der Waals surface area contributed by atoms with Crippen molar-refractivity contribution in [2.75, 3.05) is 11.9 Å². The Balaban J connectivity index is 1.93. The number of ether oxygens (including phenoxy) is 1. The summed E-state index contributed by atoms with van der Waals surface area (Å²) >= 11 is 5.22. The molecule has 0 aromatic heterocycles. The molecule has 2 rings (SSSR count). The van der Waals surface area contributed by atoms with Crippen molar-refractivity contribution in [3.8, 4) is 5.75 Å². The first-order valence-electron chi connectivity index (χ1n) is 9.46. The van der Waals surface area contributed by atoms with Crippen molar-refractivity contribution >= 4 is 34.8 Å². The fourth-order valence-electron chi connectivity index (χ4n) is 2.40. The first-order valence-corrected chi connectivity index (χ1v) is 9.86. The predicted octanol–water partition coefficient (Wildman–Crippen LogP) is 4.13. The molecule has 0 heterocycles. The lowest BCUT2D eigenvalue weighted by atomic mass is 10.1. The lowest BCUT2D eigenvalue weighted by Gasteiger charge is -2.20. The number of nitrogens with one attached hydrogen (secondary N) is 3. The van der Waals surface area contributed by atoms with Gasteiger partial charge in [0.05, 0.1) is 6.61 Å². The maximum atomic E-state index is 12.4. The van der Waals surface area contributed by atoms with Crippen LogP contribution in [0, 0.1) is 0 Å². The maximum Gasteiger partial charge on any atom is 0.257 e. The second kappa shape index (κ2) is 10.0. The molecule has 29 heavy (non-hydrogen) atoms. The molecule has 0 bridgehead atoms. The van der Waals surface area contributed by atoms with Gasteiger partial charge in [-0.1, -0.05) is 13.0 Å². The standard InChI is InChI=1S/C22H27N3O3S/c1-5-13-28-18-8-6-7-16(14-18)19(26)24-21(29)23-17-11-9-15(10-12-17)20(27)25-22(2,3)4/h6-12,14H,5,13H2,1-4H3,(H,25,27)(H2,23,24,26,29). The van der Waals surface area contributed by atoms with E-state index in [2.05, 4.69) is 16.0 Å². The van der Waals surface area contributed by atoms with E-state index < -0.39 is 0 Å². The molecule has 0 spiro atoms. The molecule has 0 atom stereocenters. The Bertz CT molecular complexity index is 874. The van der Waals surface area contributed by atoms with Gasteiger partial charge in [-0.15, -0.1) is 0 Å². The van der Waals surface area contributed by atoms with Crippen LogP contribution in [0.2, 0.25) is 0 Å². The number of amides is 2. The monoisotopic (exact) mass is 413 g/mol. The summed E-state index contributed by atoms with van der Waals surface area (Å²) in [5.41, 5.74) is 1.36. The van der Waals surface area contributed by atoms with Crippen LogP contribution in [0.25, 0.3) is 0 Å². The lowest BCUT2D eigenvalue weighted by Crippen LogP contribution is -2.40. The van der Waals surface area contributed by atoms with Crippen LogP contribution in [0.5, 0.6) is 5.75 Å². The van der Waals surface area contributed by atoms with Crippen LogP contribution in [0.1, 0.15) is 54.8 Å². The van der Waals surface area contributed by atoms with E-state index in [0.29, 0.717) is 29.2 Å². The molecule has 154 valence electrons. The van der Waals surface area contributed by atoms with Gasteiger partial charge in [0.1, 0.15) is 5.75 Å². The third kappa shape index (κ3) is 7.54. The minimum absolute atomic E-state index is 0.148. The van der Waals surface area contributed by atoms with E-state index in [4.69, 9.17) is 17.0 Å². The van der Waals surface area contributed by atoms with Gasteiger partial charge in [0.25, 0.3) is 11.8 Å². The number of carbonyl (C=O) groups is 2.